The number of aryl methyl sites for hydroxylation is 1. The highest BCUT2D eigenvalue weighted by molar-refractivity contribution is 5.99. The van der Waals surface area contributed by atoms with Gasteiger partial charge < -0.3 is 14.7 Å². The Kier molecular flexibility index (Phi) is 5.51. The first-order valence-electron chi connectivity index (χ1n) is 9.80. The van der Waals surface area contributed by atoms with Crippen LogP contribution in [0.15, 0.2) is 48.7 Å². The molecule has 1 atom stereocenters. The Balaban J connectivity index is 1.47. The van der Waals surface area contributed by atoms with Gasteiger partial charge in [0, 0.05) is 50.9 Å². The Morgan fingerprint density at radius 3 is 2.62 bits per heavy atom. The summed E-state index contributed by atoms with van der Waals surface area (Å²) in [4.78, 5) is 15.5. The molecule has 1 fully saturated rings. The Morgan fingerprint density at radius 2 is 1.90 bits per heavy atom. The van der Waals surface area contributed by atoms with E-state index in [1.165, 1.54) is 0 Å². The average molecular weight is 394 g/mol. The van der Waals surface area contributed by atoms with Crippen molar-refractivity contribution in [1.29, 1.82) is 0 Å². The second-order valence-corrected chi connectivity index (χ2v) is 7.55. The normalized spacial score (nSPS) is 16.4. The molecule has 2 heterocycles. The fourth-order valence-corrected chi connectivity index (χ4v) is 3.68. The van der Waals surface area contributed by atoms with Crippen LogP contribution in [0.4, 0.5) is 0 Å². The molecule has 3 aromatic rings. The van der Waals surface area contributed by atoms with Crippen molar-refractivity contribution >= 4 is 16.7 Å². The lowest BCUT2D eigenvalue weighted by atomic mass is 10.0. The molecule has 0 radical (unpaired) electrons. The van der Waals surface area contributed by atoms with Crippen LogP contribution in [-0.4, -0.2) is 76.5 Å². The molecule has 0 saturated carbocycles. The number of hydrogen-bond donors (Lipinski definition) is 1. The predicted molar refractivity (Wildman–Crippen MR) is 112 cm³/mol. The minimum atomic E-state index is -0.666. The predicted octanol–water partition coefficient (Wildman–Crippen LogP) is 1.75. The van der Waals surface area contributed by atoms with E-state index in [1.807, 2.05) is 54.5 Å². The van der Waals surface area contributed by atoms with Crippen molar-refractivity contribution in [2.45, 2.75) is 6.10 Å². The second kappa shape index (κ2) is 8.23. The van der Waals surface area contributed by atoms with Crippen LogP contribution in [-0.2, 0) is 11.8 Å². The number of benzene rings is 2. The van der Waals surface area contributed by atoms with E-state index in [4.69, 9.17) is 4.74 Å². The molecule has 29 heavy (non-hydrogen) atoms. The molecule has 1 amide bonds. The van der Waals surface area contributed by atoms with Crippen molar-refractivity contribution in [1.82, 2.24) is 19.6 Å². The number of aromatic nitrogens is 2. The first kappa shape index (κ1) is 19.4. The first-order valence-corrected chi connectivity index (χ1v) is 9.80. The molecule has 1 N–H and O–H groups in total. The molecule has 1 unspecified atom stereocenters. The molecule has 7 nitrogen and oxygen atoms in total. The van der Waals surface area contributed by atoms with Crippen molar-refractivity contribution in [3.63, 3.8) is 0 Å². The third-order valence-electron chi connectivity index (χ3n) is 5.31. The van der Waals surface area contributed by atoms with E-state index in [1.54, 1.807) is 16.6 Å². The van der Waals surface area contributed by atoms with Crippen molar-refractivity contribution in [2.75, 3.05) is 39.8 Å². The Bertz CT molecular complexity index is 1020. The van der Waals surface area contributed by atoms with Gasteiger partial charge in [-0.25, -0.2) is 0 Å². The number of piperazine rings is 1. The first-order chi connectivity index (χ1) is 14.0. The lowest BCUT2D eigenvalue weighted by Crippen LogP contribution is -2.51. The van der Waals surface area contributed by atoms with Crippen LogP contribution in [0.5, 0.6) is 5.75 Å². The van der Waals surface area contributed by atoms with E-state index in [0.717, 1.165) is 34.3 Å². The number of aliphatic hydroxyl groups excluding tert-OH is 1. The average Bonchev–Trinajstić information content (AvgIpc) is 3.15. The molecule has 4 rings (SSSR count). The summed E-state index contributed by atoms with van der Waals surface area (Å²) < 4.78 is 7.75. The fourth-order valence-electron chi connectivity index (χ4n) is 3.68. The van der Waals surface area contributed by atoms with Gasteiger partial charge in [0.2, 0.25) is 5.91 Å². The highest BCUT2D eigenvalue weighted by Crippen LogP contribution is 2.33. The minimum Gasteiger partial charge on any atom is -0.490 e. The summed E-state index contributed by atoms with van der Waals surface area (Å²) in [7, 11) is 3.71. The minimum absolute atomic E-state index is 0.0838. The Morgan fingerprint density at radius 1 is 1.10 bits per heavy atom. The van der Waals surface area contributed by atoms with E-state index in [2.05, 4.69) is 11.2 Å². The monoisotopic (exact) mass is 394 g/mol. The number of β-amino-alcohol motifs (C(OH)–C–C–N with tert-alkyl or cyclic N) is 1. The molecule has 1 aromatic heterocycles. The summed E-state index contributed by atoms with van der Waals surface area (Å²) >= 11 is 0. The summed E-state index contributed by atoms with van der Waals surface area (Å²) in [6, 6.07) is 14.0. The van der Waals surface area contributed by atoms with Gasteiger partial charge in [-0.15, -0.1) is 0 Å². The second-order valence-electron chi connectivity index (χ2n) is 7.55. The fraction of sp³-hybridized carbons (Fsp3) is 0.364. The van der Waals surface area contributed by atoms with Gasteiger partial charge in [-0.05, 0) is 23.6 Å². The molecule has 0 aliphatic carbocycles. The smallest absolute Gasteiger partial charge is 0.236 e. The van der Waals surface area contributed by atoms with Gasteiger partial charge in [0.25, 0.3) is 0 Å². The van der Waals surface area contributed by atoms with E-state index >= 15 is 0 Å². The molecule has 1 aliphatic heterocycles. The zero-order valence-corrected chi connectivity index (χ0v) is 16.8. The summed E-state index contributed by atoms with van der Waals surface area (Å²) in [6.07, 6.45) is 1.26. The molecule has 2 aromatic carbocycles. The van der Waals surface area contributed by atoms with Gasteiger partial charge in [-0.3, -0.25) is 14.4 Å². The third kappa shape index (κ3) is 4.26. The van der Waals surface area contributed by atoms with Gasteiger partial charge >= 0.3 is 0 Å². The molecular weight excluding hydrogens is 368 g/mol. The zero-order chi connectivity index (χ0) is 20.4. The number of carbonyl (C=O) groups excluding carboxylic acids is 1. The van der Waals surface area contributed by atoms with E-state index in [0.29, 0.717) is 19.6 Å². The number of carbonyl (C=O) groups is 1. The molecule has 1 aliphatic rings. The maximum Gasteiger partial charge on any atom is 0.236 e. The van der Waals surface area contributed by atoms with Crippen LogP contribution in [0.25, 0.3) is 22.0 Å². The summed E-state index contributed by atoms with van der Waals surface area (Å²) in [5.41, 5.74) is 1.96. The van der Waals surface area contributed by atoms with Crippen LogP contribution < -0.4 is 4.74 Å². The maximum atomic E-state index is 11.8. The number of fused-ring (bicyclic) bond motifs is 1. The number of nitrogens with zero attached hydrogens (tertiary/aromatic N) is 4. The van der Waals surface area contributed by atoms with Crippen LogP contribution in [0, 0.1) is 0 Å². The van der Waals surface area contributed by atoms with Gasteiger partial charge in [-0.2, -0.15) is 5.10 Å². The summed E-state index contributed by atoms with van der Waals surface area (Å²) in [5.74, 6) is 0.814. The van der Waals surface area contributed by atoms with Crippen molar-refractivity contribution in [3.05, 3.63) is 48.7 Å². The maximum absolute atomic E-state index is 11.8. The molecule has 0 spiro atoms. The van der Waals surface area contributed by atoms with Crippen molar-refractivity contribution in [3.8, 4) is 17.0 Å². The number of likely N-dealkylation sites (N-methyl/N-ethyl adjacent to an activating group) is 1. The van der Waals surface area contributed by atoms with E-state index in [9.17, 15) is 9.90 Å². The zero-order valence-electron chi connectivity index (χ0n) is 16.8. The quantitative estimate of drug-likeness (QED) is 0.690. The third-order valence-corrected chi connectivity index (χ3v) is 5.31. The topological polar surface area (TPSA) is 70.8 Å². The molecule has 7 heteroatoms. The number of rotatable bonds is 6. The number of ether oxygens (including phenoxy) is 1. The lowest BCUT2D eigenvalue weighted by Gasteiger charge is -2.33. The standard InChI is InChI=1S/C22H26N4O3/c1-24-11-12-26(14-22(24)28)13-16(27)15-29-21-8-7-18(20-9-10-25(2)23-20)17-5-3-4-6-19(17)21/h3-10,16,27H,11-15H2,1-2H3. The largest absolute Gasteiger partial charge is 0.490 e. The van der Waals surface area contributed by atoms with Crippen LogP contribution >= 0.6 is 0 Å². The lowest BCUT2D eigenvalue weighted by molar-refractivity contribution is -0.135. The molecule has 0 bridgehead atoms. The molecule has 1 saturated heterocycles. The SMILES string of the molecule is CN1CCN(CC(O)COc2ccc(-c3ccn(C)n3)c3ccccc23)CC1=O. The van der Waals surface area contributed by atoms with Crippen molar-refractivity contribution < 1.29 is 14.6 Å². The summed E-state index contributed by atoms with van der Waals surface area (Å²) in [5, 5.41) is 17.0. The van der Waals surface area contributed by atoms with Crippen LogP contribution in [0.1, 0.15) is 0 Å². The van der Waals surface area contributed by atoms with E-state index in [-0.39, 0.29) is 12.5 Å². The van der Waals surface area contributed by atoms with E-state index < -0.39 is 6.10 Å². The molecule has 152 valence electrons. The number of amides is 1. The highest BCUT2D eigenvalue weighted by atomic mass is 16.5. The number of aliphatic hydroxyl groups is 1. The van der Waals surface area contributed by atoms with Gasteiger partial charge in [-0.1, -0.05) is 24.3 Å². The van der Waals surface area contributed by atoms with Crippen LogP contribution in [0.3, 0.4) is 0 Å². The summed E-state index contributed by atoms with van der Waals surface area (Å²) in [6.45, 7) is 2.39. The highest BCUT2D eigenvalue weighted by Gasteiger charge is 2.23. The van der Waals surface area contributed by atoms with Gasteiger partial charge in [0.1, 0.15) is 18.5 Å². The van der Waals surface area contributed by atoms with Gasteiger partial charge in [0.05, 0.1) is 12.2 Å². The Labute approximate surface area is 170 Å². The Hall–Kier alpha value is -2.90. The number of hydrogen-bond acceptors (Lipinski definition) is 5. The van der Waals surface area contributed by atoms with Gasteiger partial charge in [0.15, 0.2) is 0 Å². The molecular formula is C22H26N4O3. The van der Waals surface area contributed by atoms with Crippen molar-refractivity contribution in [2.24, 2.45) is 7.05 Å². The van der Waals surface area contributed by atoms with Crippen LogP contribution in [0.2, 0.25) is 0 Å².